The topological polar surface area (TPSA) is 58.5 Å². The lowest BCUT2D eigenvalue weighted by Gasteiger charge is -2.06. The number of nitrogens with one attached hydrogen (secondary N) is 1. The Labute approximate surface area is 92.8 Å². The van der Waals surface area contributed by atoms with E-state index in [0.29, 0.717) is 11.7 Å². The minimum Gasteiger partial charge on any atom is -0.261 e. The van der Waals surface area contributed by atoms with Crippen molar-refractivity contribution in [3.8, 4) is 0 Å². The van der Waals surface area contributed by atoms with Crippen LogP contribution in [-0.4, -0.2) is 25.9 Å². The lowest BCUT2D eigenvalue weighted by Crippen LogP contribution is -2.27. The molecule has 0 aromatic heterocycles. The fourth-order valence-electron chi connectivity index (χ4n) is 1.17. The Morgan fingerprint density at radius 1 is 1.27 bits per heavy atom. The summed E-state index contributed by atoms with van der Waals surface area (Å²) < 4.78 is 26.0. The van der Waals surface area contributed by atoms with Gasteiger partial charge in [0.15, 0.2) is 5.17 Å². The van der Waals surface area contributed by atoms with E-state index in [2.05, 4.69) is 9.71 Å². The predicted octanol–water partition coefficient (Wildman–Crippen LogP) is 1.07. The highest BCUT2D eigenvalue weighted by molar-refractivity contribution is 8.15. The van der Waals surface area contributed by atoms with E-state index in [9.17, 15) is 8.42 Å². The van der Waals surface area contributed by atoms with Crippen molar-refractivity contribution in [1.82, 2.24) is 4.72 Å². The molecule has 15 heavy (non-hydrogen) atoms. The molecule has 1 N–H and O–H groups in total. The normalized spacial score (nSPS) is 16.1. The van der Waals surface area contributed by atoms with Crippen LogP contribution in [0.4, 0.5) is 0 Å². The molecular weight excluding hydrogens is 232 g/mol. The molecule has 1 aromatic carbocycles. The van der Waals surface area contributed by atoms with Gasteiger partial charge in [-0.05, 0) is 12.1 Å². The summed E-state index contributed by atoms with van der Waals surface area (Å²) in [7, 11) is -3.45. The summed E-state index contributed by atoms with van der Waals surface area (Å²) >= 11 is 1.42. The molecule has 4 nitrogen and oxygen atoms in total. The molecule has 0 radical (unpaired) electrons. The Morgan fingerprint density at radius 3 is 2.60 bits per heavy atom. The first-order valence-electron chi connectivity index (χ1n) is 4.43. The average Bonchev–Trinajstić information content (AvgIpc) is 2.71. The molecule has 1 aliphatic rings. The first-order valence-corrected chi connectivity index (χ1v) is 6.90. The van der Waals surface area contributed by atoms with Crippen LogP contribution in [0.25, 0.3) is 0 Å². The maximum Gasteiger partial charge on any atom is 0.263 e. The van der Waals surface area contributed by atoms with E-state index < -0.39 is 10.0 Å². The van der Waals surface area contributed by atoms with Crippen molar-refractivity contribution in [2.45, 2.75) is 4.90 Å². The molecule has 80 valence electrons. The van der Waals surface area contributed by atoms with Crippen LogP contribution in [0.1, 0.15) is 0 Å². The molecule has 0 atom stereocenters. The molecule has 0 unspecified atom stereocenters. The van der Waals surface area contributed by atoms with Crippen molar-refractivity contribution < 1.29 is 8.42 Å². The van der Waals surface area contributed by atoms with E-state index >= 15 is 0 Å². The molecule has 0 saturated carbocycles. The number of nitrogens with zero attached hydrogens (tertiary/aromatic N) is 1. The zero-order valence-electron chi connectivity index (χ0n) is 7.88. The average molecular weight is 242 g/mol. The molecule has 0 aliphatic carbocycles. The number of amidine groups is 1. The van der Waals surface area contributed by atoms with Crippen LogP contribution in [0.2, 0.25) is 0 Å². The van der Waals surface area contributed by atoms with Crippen LogP contribution in [0.3, 0.4) is 0 Å². The van der Waals surface area contributed by atoms with E-state index in [-0.39, 0.29) is 4.90 Å². The Balaban J connectivity index is 2.21. The SMILES string of the molecule is O=S(=O)(NC1=NCCS1)c1ccccc1. The Kier molecular flexibility index (Phi) is 2.97. The fourth-order valence-corrected chi connectivity index (χ4v) is 3.22. The van der Waals surface area contributed by atoms with Gasteiger partial charge in [0.2, 0.25) is 0 Å². The summed E-state index contributed by atoms with van der Waals surface area (Å²) in [6.45, 7) is 0.678. The predicted molar refractivity (Wildman–Crippen MR) is 61.5 cm³/mol. The molecule has 0 amide bonds. The molecule has 0 saturated heterocycles. The van der Waals surface area contributed by atoms with Crippen LogP contribution in [0.5, 0.6) is 0 Å². The Morgan fingerprint density at radius 2 is 2.00 bits per heavy atom. The molecule has 1 aliphatic heterocycles. The lowest BCUT2D eigenvalue weighted by molar-refractivity contribution is 0.593. The van der Waals surface area contributed by atoms with Crippen LogP contribution in [0, 0.1) is 0 Å². The van der Waals surface area contributed by atoms with Crippen LogP contribution < -0.4 is 4.72 Å². The monoisotopic (exact) mass is 242 g/mol. The van der Waals surface area contributed by atoms with E-state index in [1.54, 1.807) is 30.3 Å². The zero-order chi connectivity index (χ0) is 10.7. The highest BCUT2D eigenvalue weighted by atomic mass is 32.2. The summed E-state index contributed by atoms with van der Waals surface area (Å²) in [5, 5.41) is 0.485. The molecule has 6 heteroatoms. The van der Waals surface area contributed by atoms with E-state index in [0.717, 1.165) is 5.75 Å². The summed E-state index contributed by atoms with van der Waals surface area (Å²) in [5.41, 5.74) is 0. The van der Waals surface area contributed by atoms with Crippen LogP contribution in [-0.2, 0) is 10.0 Å². The number of benzene rings is 1. The lowest BCUT2D eigenvalue weighted by atomic mass is 10.4. The van der Waals surface area contributed by atoms with Gasteiger partial charge >= 0.3 is 0 Å². The third-order valence-corrected chi connectivity index (χ3v) is 4.24. The summed E-state index contributed by atoms with van der Waals surface area (Å²) in [4.78, 5) is 4.30. The molecule has 0 spiro atoms. The molecule has 2 rings (SSSR count). The number of sulfonamides is 1. The van der Waals surface area contributed by atoms with Gasteiger partial charge in [-0.3, -0.25) is 9.71 Å². The highest BCUT2D eigenvalue weighted by Gasteiger charge is 2.17. The summed E-state index contributed by atoms with van der Waals surface area (Å²) in [6.07, 6.45) is 0. The third-order valence-electron chi connectivity index (χ3n) is 1.86. The zero-order valence-corrected chi connectivity index (χ0v) is 9.51. The van der Waals surface area contributed by atoms with Gasteiger partial charge in [-0.2, -0.15) is 0 Å². The van der Waals surface area contributed by atoms with Gasteiger partial charge in [-0.25, -0.2) is 8.42 Å². The van der Waals surface area contributed by atoms with Gasteiger partial charge < -0.3 is 0 Å². The molecule has 0 fully saturated rings. The van der Waals surface area contributed by atoms with Crippen LogP contribution in [0.15, 0.2) is 40.2 Å². The number of hydrogen-bond acceptors (Lipinski definition) is 4. The minimum atomic E-state index is -3.45. The second-order valence-corrected chi connectivity index (χ2v) is 5.72. The first kappa shape index (κ1) is 10.5. The number of aliphatic imine (C=N–C) groups is 1. The molecular formula is C9H10N2O2S2. The number of rotatable bonds is 2. The molecule has 1 heterocycles. The summed E-state index contributed by atoms with van der Waals surface area (Å²) in [5.74, 6) is 0.840. The number of hydrogen-bond donors (Lipinski definition) is 1. The van der Waals surface area contributed by atoms with Crippen LogP contribution >= 0.6 is 11.8 Å². The van der Waals surface area contributed by atoms with Gasteiger partial charge in [0.1, 0.15) is 0 Å². The minimum absolute atomic E-state index is 0.264. The Hall–Kier alpha value is -1.01. The van der Waals surface area contributed by atoms with E-state index in [4.69, 9.17) is 0 Å². The Bertz CT molecular complexity index is 468. The van der Waals surface area contributed by atoms with Crippen molar-refractivity contribution in [2.75, 3.05) is 12.3 Å². The maximum atomic E-state index is 11.8. The first-order chi connectivity index (χ1) is 7.18. The summed E-state index contributed by atoms with van der Waals surface area (Å²) in [6, 6.07) is 8.28. The van der Waals surface area contributed by atoms with Gasteiger partial charge in [0.25, 0.3) is 10.0 Å². The van der Waals surface area contributed by atoms with Crippen molar-refractivity contribution in [3.63, 3.8) is 0 Å². The number of thioether (sulfide) groups is 1. The molecule has 0 bridgehead atoms. The van der Waals surface area contributed by atoms with Gasteiger partial charge in [0, 0.05) is 5.75 Å². The van der Waals surface area contributed by atoms with Crippen molar-refractivity contribution >= 4 is 27.0 Å². The van der Waals surface area contributed by atoms with Crippen molar-refractivity contribution in [1.29, 1.82) is 0 Å². The fraction of sp³-hybridized carbons (Fsp3) is 0.222. The van der Waals surface area contributed by atoms with Crippen molar-refractivity contribution in [2.24, 2.45) is 4.99 Å². The van der Waals surface area contributed by atoms with Crippen molar-refractivity contribution in [3.05, 3.63) is 30.3 Å². The molecule has 1 aromatic rings. The van der Waals surface area contributed by atoms with Gasteiger partial charge in [-0.1, -0.05) is 30.0 Å². The highest BCUT2D eigenvalue weighted by Crippen LogP contribution is 2.13. The van der Waals surface area contributed by atoms with Gasteiger partial charge in [0.05, 0.1) is 11.4 Å². The second-order valence-electron chi connectivity index (χ2n) is 2.95. The maximum absolute atomic E-state index is 11.8. The van der Waals surface area contributed by atoms with E-state index in [1.165, 1.54) is 11.8 Å². The van der Waals surface area contributed by atoms with E-state index in [1.807, 2.05) is 0 Å². The second kappa shape index (κ2) is 4.24. The largest absolute Gasteiger partial charge is 0.263 e. The third kappa shape index (κ3) is 2.51. The standard InChI is InChI=1S/C9H10N2O2S2/c12-15(13,8-4-2-1-3-5-8)11-9-10-6-7-14-9/h1-5H,6-7H2,(H,10,11). The smallest absolute Gasteiger partial charge is 0.261 e. The quantitative estimate of drug-likeness (QED) is 0.844. The van der Waals surface area contributed by atoms with Gasteiger partial charge in [-0.15, -0.1) is 0 Å².